The summed E-state index contributed by atoms with van der Waals surface area (Å²) in [5.74, 6) is -2.24. The maximum Gasteiger partial charge on any atom is 0.254 e. The number of nitrogens with zero attached hydrogens (tertiary/aromatic N) is 3. The number of nitriles is 1. The van der Waals surface area contributed by atoms with Crippen molar-refractivity contribution in [3.8, 4) is 6.07 Å². The monoisotopic (exact) mass is 426 g/mol. The van der Waals surface area contributed by atoms with E-state index >= 15 is 0 Å². The van der Waals surface area contributed by atoms with Crippen molar-refractivity contribution in [1.82, 2.24) is 15.1 Å². The van der Waals surface area contributed by atoms with Gasteiger partial charge in [-0.05, 0) is 36.2 Å². The second-order valence-electron chi connectivity index (χ2n) is 7.45. The van der Waals surface area contributed by atoms with Crippen LogP contribution in [0.1, 0.15) is 34.3 Å². The quantitative estimate of drug-likeness (QED) is 0.691. The van der Waals surface area contributed by atoms with Crippen molar-refractivity contribution >= 4 is 11.8 Å². The Morgan fingerprint density at radius 1 is 1.03 bits per heavy atom. The average molecular weight is 426 g/mol. The summed E-state index contributed by atoms with van der Waals surface area (Å²) in [7, 11) is 0. The second-order valence-corrected chi connectivity index (χ2v) is 7.45. The van der Waals surface area contributed by atoms with E-state index in [0.29, 0.717) is 37.6 Å². The zero-order chi connectivity index (χ0) is 22.2. The van der Waals surface area contributed by atoms with Crippen molar-refractivity contribution in [2.75, 3.05) is 32.7 Å². The summed E-state index contributed by atoms with van der Waals surface area (Å²) in [4.78, 5) is 28.4. The Labute approximate surface area is 180 Å². The highest BCUT2D eigenvalue weighted by atomic mass is 19.1. The van der Waals surface area contributed by atoms with E-state index < -0.39 is 17.5 Å². The number of nitrogens with one attached hydrogen (secondary N) is 1. The van der Waals surface area contributed by atoms with Crippen molar-refractivity contribution in [3.63, 3.8) is 0 Å². The predicted octanol–water partition coefficient (Wildman–Crippen LogP) is 2.69. The Balaban J connectivity index is 1.35. The first-order valence-electron chi connectivity index (χ1n) is 10.2. The van der Waals surface area contributed by atoms with Crippen molar-refractivity contribution in [1.29, 1.82) is 5.26 Å². The van der Waals surface area contributed by atoms with Crippen LogP contribution in [-0.4, -0.2) is 54.3 Å². The highest BCUT2D eigenvalue weighted by Gasteiger charge is 2.21. The topological polar surface area (TPSA) is 76.4 Å². The third-order valence-corrected chi connectivity index (χ3v) is 5.24. The third kappa shape index (κ3) is 6.33. The van der Waals surface area contributed by atoms with Crippen LogP contribution in [0.5, 0.6) is 0 Å². The molecule has 0 aromatic heterocycles. The Morgan fingerprint density at radius 3 is 2.39 bits per heavy atom. The lowest BCUT2D eigenvalue weighted by Gasteiger charge is -2.34. The summed E-state index contributed by atoms with van der Waals surface area (Å²) >= 11 is 0. The van der Waals surface area contributed by atoms with E-state index in [4.69, 9.17) is 5.26 Å². The minimum absolute atomic E-state index is 0.0280. The van der Waals surface area contributed by atoms with Gasteiger partial charge < -0.3 is 10.2 Å². The van der Waals surface area contributed by atoms with Crippen LogP contribution >= 0.6 is 0 Å². The molecule has 1 N–H and O–H groups in total. The second kappa shape index (κ2) is 10.6. The summed E-state index contributed by atoms with van der Waals surface area (Å²) in [5.41, 5.74) is 1.55. The van der Waals surface area contributed by atoms with E-state index in [1.54, 1.807) is 12.1 Å². The first-order chi connectivity index (χ1) is 15.0. The van der Waals surface area contributed by atoms with Crippen LogP contribution in [0.15, 0.2) is 42.5 Å². The van der Waals surface area contributed by atoms with Gasteiger partial charge in [0.25, 0.3) is 5.91 Å². The average Bonchev–Trinajstić information content (AvgIpc) is 2.77. The van der Waals surface area contributed by atoms with Crippen LogP contribution in [0.25, 0.3) is 0 Å². The number of carbonyl (C=O) groups is 2. The smallest absolute Gasteiger partial charge is 0.254 e. The molecule has 0 bridgehead atoms. The van der Waals surface area contributed by atoms with Gasteiger partial charge in [-0.3, -0.25) is 14.5 Å². The molecule has 1 saturated heterocycles. The molecule has 2 amide bonds. The fourth-order valence-electron chi connectivity index (χ4n) is 3.47. The number of carbonyl (C=O) groups excluding carboxylic acids is 2. The number of hydrogen-bond donors (Lipinski definition) is 1. The lowest BCUT2D eigenvalue weighted by Crippen LogP contribution is -2.48. The van der Waals surface area contributed by atoms with Gasteiger partial charge in [0.15, 0.2) is 0 Å². The van der Waals surface area contributed by atoms with Gasteiger partial charge in [-0.1, -0.05) is 12.1 Å². The Kier molecular flexibility index (Phi) is 7.68. The minimum Gasteiger partial charge on any atom is -0.352 e. The van der Waals surface area contributed by atoms with E-state index in [-0.39, 0.29) is 18.0 Å². The Bertz CT molecular complexity index is 965. The fraction of sp³-hybridized carbons (Fsp3) is 0.348. The van der Waals surface area contributed by atoms with Crippen LogP contribution in [0.4, 0.5) is 8.78 Å². The molecule has 0 saturated carbocycles. The van der Waals surface area contributed by atoms with Gasteiger partial charge in [0.1, 0.15) is 11.6 Å². The summed E-state index contributed by atoms with van der Waals surface area (Å²) < 4.78 is 26.5. The van der Waals surface area contributed by atoms with Crippen molar-refractivity contribution in [2.45, 2.75) is 19.4 Å². The van der Waals surface area contributed by atoms with E-state index in [1.807, 2.05) is 17.0 Å². The normalized spacial score (nSPS) is 14.2. The number of rotatable bonds is 7. The van der Waals surface area contributed by atoms with E-state index in [9.17, 15) is 18.4 Å². The molecule has 0 spiro atoms. The molecular weight excluding hydrogens is 402 g/mol. The van der Waals surface area contributed by atoms with Crippen LogP contribution in [0.2, 0.25) is 0 Å². The van der Waals surface area contributed by atoms with E-state index in [1.165, 1.54) is 0 Å². The van der Waals surface area contributed by atoms with E-state index in [0.717, 1.165) is 37.3 Å². The first-order valence-corrected chi connectivity index (χ1v) is 10.2. The molecular formula is C23H24F2N4O2. The molecule has 3 rings (SSSR count). The zero-order valence-corrected chi connectivity index (χ0v) is 17.1. The van der Waals surface area contributed by atoms with Crippen molar-refractivity contribution in [2.24, 2.45) is 0 Å². The molecule has 31 heavy (non-hydrogen) atoms. The van der Waals surface area contributed by atoms with Crippen molar-refractivity contribution < 1.29 is 18.4 Å². The van der Waals surface area contributed by atoms with E-state index in [2.05, 4.69) is 16.3 Å². The minimum atomic E-state index is -0.910. The lowest BCUT2D eigenvalue weighted by molar-refractivity contribution is -0.133. The molecule has 0 aliphatic carbocycles. The standard InChI is InChI=1S/C23H24F2N4O2/c24-19-7-8-20(21(25)14-19)23(31)27-9-1-2-22(30)29-12-10-28(11-13-29)16-18-5-3-17(15-26)4-6-18/h3-8,14H,1-2,9-13,16H2,(H,27,31). The maximum atomic E-state index is 13.6. The van der Waals surface area contributed by atoms with Crippen LogP contribution < -0.4 is 5.32 Å². The number of hydrogen-bond acceptors (Lipinski definition) is 4. The molecule has 1 heterocycles. The molecule has 8 heteroatoms. The van der Waals surface area contributed by atoms with Gasteiger partial charge in [-0.25, -0.2) is 8.78 Å². The molecule has 1 aliphatic heterocycles. The van der Waals surface area contributed by atoms with Gasteiger partial charge in [0.2, 0.25) is 5.91 Å². The molecule has 0 atom stereocenters. The summed E-state index contributed by atoms with van der Waals surface area (Å²) in [6.07, 6.45) is 0.737. The lowest BCUT2D eigenvalue weighted by atomic mass is 10.1. The summed E-state index contributed by atoms with van der Waals surface area (Å²) in [5, 5.41) is 11.4. The summed E-state index contributed by atoms with van der Waals surface area (Å²) in [6, 6.07) is 12.4. The predicted molar refractivity (Wildman–Crippen MR) is 111 cm³/mol. The first kappa shape index (κ1) is 22.4. The zero-order valence-electron chi connectivity index (χ0n) is 17.1. The summed E-state index contributed by atoms with van der Waals surface area (Å²) in [6.45, 7) is 3.84. The number of halogens is 2. The molecule has 162 valence electrons. The van der Waals surface area contributed by atoms with Gasteiger partial charge in [-0.2, -0.15) is 5.26 Å². The van der Waals surface area contributed by atoms with Crippen LogP contribution in [0.3, 0.4) is 0 Å². The highest BCUT2D eigenvalue weighted by molar-refractivity contribution is 5.94. The van der Waals surface area contributed by atoms with Gasteiger partial charge in [0, 0.05) is 51.8 Å². The third-order valence-electron chi connectivity index (χ3n) is 5.24. The van der Waals surface area contributed by atoms with Gasteiger partial charge in [0.05, 0.1) is 17.2 Å². The van der Waals surface area contributed by atoms with Gasteiger partial charge >= 0.3 is 0 Å². The maximum absolute atomic E-state index is 13.6. The molecule has 2 aromatic rings. The number of amides is 2. The molecule has 1 fully saturated rings. The number of piperazine rings is 1. The number of benzene rings is 2. The highest BCUT2D eigenvalue weighted by Crippen LogP contribution is 2.12. The van der Waals surface area contributed by atoms with Crippen LogP contribution in [-0.2, 0) is 11.3 Å². The molecule has 6 nitrogen and oxygen atoms in total. The molecule has 1 aliphatic rings. The molecule has 0 radical (unpaired) electrons. The fourth-order valence-corrected chi connectivity index (χ4v) is 3.47. The largest absolute Gasteiger partial charge is 0.352 e. The van der Waals surface area contributed by atoms with Crippen molar-refractivity contribution in [3.05, 3.63) is 70.8 Å². The molecule has 0 unspecified atom stereocenters. The Hall–Kier alpha value is -3.31. The Morgan fingerprint density at radius 2 is 1.74 bits per heavy atom. The SMILES string of the molecule is N#Cc1ccc(CN2CCN(C(=O)CCCNC(=O)c3ccc(F)cc3F)CC2)cc1. The van der Waals surface area contributed by atoms with Gasteiger partial charge in [-0.15, -0.1) is 0 Å². The van der Waals surface area contributed by atoms with Crippen LogP contribution in [0, 0.1) is 23.0 Å². The molecule has 2 aromatic carbocycles.